The molecule has 0 aromatic rings. The van der Waals surface area contributed by atoms with Crippen molar-refractivity contribution in [3.05, 3.63) is 0 Å². The van der Waals surface area contributed by atoms with Gasteiger partial charge >= 0.3 is 0 Å². The molecule has 14 heavy (non-hydrogen) atoms. The molecule has 0 unspecified atom stereocenters. The van der Waals surface area contributed by atoms with E-state index in [1.54, 1.807) is 6.42 Å². The molecule has 3 rings (SSSR count). The predicted molar refractivity (Wildman–Crippen MR) is 59.3 cm³/mol. The summed E-state index contributed by atoms with van der Waals surface area (Å²) < 4.78 is 0. The molecular formula is C13H23N. The van der Waals surface area contributed by atoms with Gasteiger partial charge in [0, 0.05) is 12.6 Å². The maximum atomic E-state index is 3.84. The van der Waals surface area contributed by atoms with E-state index in [2.05, 4.69) is 5.32 Å². The first kappa shape index (κ1) is 9.21. The molecule has 0 amide bonds. The number of rotatable bonds is 3. The molecule has 1 nitrogen and oxygen atoms in total. The highest BCUT2D eigenvalue weighted by Gasteiger charge is 2.44. The second-order valence-corrected chi connectivity index (χ2v) is 6.01. The SMILES string of the molecule is C1CCC(NCC23CCC(CC2)C3)C1. The lowest BCUT2D eigenvalue weighted by Crippen LogP contribution is -2.36. The monoisotopic (exact) mass is 193 g/mol. The van der Waals surface area contributed by atoms with Crippen LogP contribution in [0.15, 0.2) is 0 Å². The van der Waals surface area contributed by atoms with Gasteiger partial charge in [0.1, 0.15) is 0 Å². The van der Waals surface area contributed by atoms with Gasteiger partial charge in [-0.3, -0.25) is 0 Å². The Labute approximate surface area is 87.7 Å². The van der Waals surface area contributed by atoms with E-state index in [0.717, 1.165) is 17.4 Å². The summed E-state index contributed by atoms with van der Waals surface area (Å²) in [5, 5.41) is 3.84. The van der Waals surface area contributed by atoms with Crippen LogP contribution in [0, 0.1) is 11.3 Å². The van der Waals surface area contributed by atoms with E-state index >= 15 is 0 Å². The van der Waals surface area contributed by atoms with Crippen molar-refractivity contribution in [1.29, 1.82) is 0 Å². The van der Waals surface area contributed by atoms with Gasteiger partial charge in [-0.25, -0.2) is 0 Å². The molecule has 3 fully saturated rings. The van der Waals surface area contributed by atoms with Crippen LogP contribution in [0.2, 0.25) is 0 Å². The summed E-state index contributed by atoms with van der Waals surface area (Å²) in [4.78, 5) is 0. The summed E-state index contributed by atoms with van der Waals surface area (Å²) in [5.74, 6) is 1.11. The van der Waals surface area contributed by atoms with Crippen LogP contribution in [-0.2, 0) is 0 Å². The fourth-order valence-corrected chi connectivity index (χ4v) is 4.05. The molecule has 3 aliphatic carbocycles. The molecule has 0 radical (unpaired) electrons. The molecular weight excluding hydrogens is 170 g/mol. The molecule has 0 saturated heterocycles. The molecule has 0 aromatic carbocycles. The molecule has 1 heteroatoms. The summed E-state index contributed by atoms with van der Waals surface area (Å²) in [6.45, 7) is 1.34. The summed E-state index contributed by atoms with van der Waals surface area (Å²) in [6, 6.07) is 0.879. The van der Waals surface area contributed by atoms with Gasteiger partial charge in [-0.2, -0.15) is 0 Å². The van der Waals surface area contributed by atoms with E-state index in [4.69, 9.17) is 0 Å². The quantitative estimate of drug-likeness (QED) is 0.726. The maximum Gasteiger partial charge on any atom is 0.00672 e. The van der Waals surface area contributed by atoms with Crippen LogP contribution in [0.1, 0.15) is 57.8 Å². The van der Waals surface area contributed by atoms with Crippen molar-refractivity contribution in [2.45, 2.75) is 63.8 Å². The van der Waals surface area contributed by atoms with Crippen LogP contribution in [0.4, 0.5) is 0 Å². The van der Waals surface area contributed by atoms with Crippen molar-refractivity contribution in [2.75, 3.05) is 6.54 Å². The maximum absolute atomic E-state index is 3.84. The van der Waals surface area contributed by atoms with Gasteiger partial charge in [-0.15, -0.1) is 0 Å². The van der Waals surface area contributed by atoms with Crippen LogP contribution >= 0.6 is 0 Å². The summed E-state index contributed by atoms with van der Waals surface area (Å²) in [6.07, 6.45) is 13.5. The van der Waals surface area contributed by atoms with E-state index in [1.165, 1.54) is 57.9 Å². The van der Waals surface area contributed by atoms with Crippen LogP contribution in [0.3, 0.4) is 0 Å². The van der Waals surface area contributed by atoms with Crippen LogP contribution in [0.5, 0.6) is 0 Å². The zero-order chi connectivity index (χ0) is 9.43. The topological polar surface area (TPSA) is 12.0 Å². The van der Waals surface area contributed by atoms with Gasteiger partial charge in [0.15, 0.2) is 0 Å². The van der Waals surface area contributed by atoms with Gasteiger partial charge in [0.05, 0.1) is 0 Å². The summed E-state index contributed by atoms with van der Waals surface area (Å²) >= 11 is 0. The van der Waals surface area contributed by atoms with Gasteiger partial charge in [0.2, 0.25) is 0 Å². The second kappa shape index (κ2) is 3.52. The Bertz CT molecular complexity index is 197. The number of hydrogen-bond acceptors (Lipinski definition) is 1. The smallest absolute Gasteiger partial charge is 0.00672 e. The average Bonchev–Trinajstić information content (AvgIpc) is 2.93. The average molecular weight is 193 g/mol. The number of hydrogen-bond donors (Lipinski definition) is 1. The van der Waals surface area contributed by atoms with E-state index < -0.39 is 0 Å². The van der Waals surface area contributed by atoms with E-state index in [0.29, 0.717) is 0 Å². The molecule has 0 heterocycles. The second-order valence-electron chi connectivity index (χ2n) is 6.01. The number of fused-ring (bicyclic) bond motifs is 2. The normalized spacial score (nSPS) is 42.4. The predicted octanol–water partition coefficient (Wildman–Crippen LogP) is 3.10. The van der Waals surface area contributed by atoms with Crippen molar-refractivity contribution in [3.63, 3.8) is 0 Å². The van der Waals surface area contributed by atoms with E-state index in [-0.39, 0.29) is 0 Å². The van der Waals surface area contributed by atoms with Crippen LogP contribution in [-0.4, -0.2) is 12.6 Å². The Hall–Kier alpha value is -0.0400. The Balaban J connectivity index is 1.51. The first-order chi connectivity index (χ1) is 6.86. The molecule has 2 bridgehead atoms. The first-order valence-electron chi connectivity index (χ1n) is 6.60. The van der Waals surface area contributed by atoms with Crippen molar-refractivity contribution < 1.29 is 0 Å². The standard InChI is InChI=1S/C13H23N/c1-2-4-12(3-1)14-10-13-7-5-11(9-13)6-8-13/h11-12,14H,1-10H2. The third-order valence-corrected chi connectivity index (χ3v) is 5.01. The molecule has 0 spiro atoms. The lowest BCUT2D eigenvalue weighted by Gasteiger charge is -2.28. The zero-order valence-corrected chi connectivity index (χ0v) is 9.23. The fraction of sp³-hybridized carbons (Fsp3) is 1.00. The van der Waals surface area contributed by atoms with Crippen molar-refractivity contribution in [2.24, 2.45) is 11.3 Å². The van der Waals surface area contributed by atoms with Crippen molar-refractivity contribution in [1.82, 2.24) is 5.32 Å². The van der Waals surface area contributed by atoms with Crippen molar-refractivity contribution >= 4 is 0 Å². The molecule has 3 saturated carbocycles. The largest absolute Gasteiger partial charge is 0.313 e. The number of nitrogens with one attached hydrogen (secondary N) is 1. The minimum Gasteiger partial charge on any atom is -0.313 e. The van der Waals surface area contributed by atoms with E-state index in [9.17, 15) is 0 Å². The van der Waals surface area contributed by atoms with E-state index in [1.807, 2.05) is 0 Å². The minimum atomic E-state index is 0.757. The Morgan fingerprint density at radius 1 is 1.00 bits per heavy atom. The molecule has 3 aliphatic rings. The lowest BCUT2D eigenvalue weighted by atomic mass is 9.84. The van der Waals surface area contributed by atoms with Crippen LogP contribution < -0.4 is 5.32 Å². The molecule has 0 aromatic heterocycles. The molecule has 1 N–H and O–H groups in total. The fourth-order valence-electron chi connectivity index (χ4n) is 4.05. The Kier molecular flexibility index (Phi) is 2.31. The summed E-state index contributed by atoms with van der Waals surface area (Å²) in [7, 11) is 0. The van der Waals surface area contributed by atoms with Gasteiger partial charge in [-0.1, -0.05) is 12.8 Å². The van der Waals surface area contributed by atoms with Crippen LogP contribution in [0.25, 0.3) is 0 Å². The van der Waals surface area contributed by atoms with Gasteiger partial charge < -0.3 is 5.32 Å². The highest BCUT2D eigenvalue weighted by atomic mass is 14.9. The first-order valence-corrected chi connectivity index (χ1v) is 6.60. The molecule has 0 aliphatic heterocycles. The summed E-state index contributed by atoms with van der Waals surface area (Å²) in [5.41, 5.74) is 0.757. The highest BCUT2D eigenvalue weighted by Crippen LogP contribution is 2.53. The van der Waals surface area contributed by atoms with Gasteiger partial charge in [-0.05, 0) is 56.3 Å². The Morgan fingerprint density at radius 2 is 1.71 bits per heavy atom. The zero-order valence-electron chi connectivity index (χ0n) is 9.23. The molecule has 80 valence electrons. The Morgan fingerprint density at radius 3 is 2.29 bits per heavy atom. The van der Waals surface area contributed by atoms with Gasteiger partial charge in [0.25, 0.3) is 0 Å². The molecule has 0 atom stereocenters. The third kappa shape index (κ3) is 1.60. The third-order valence-electron chi connectivity index (χ3n) is 5.01. The van der Waals surface area contributed by atoms with Crippen molar-refractivity contribution in [3.8, 4) is 0 Å². The lowest BCUT2D eigenvalue weighted by molar-refractivity contribution is 0.265. The highest BCUT2D eigenvalue weighted by molar-refractivity contribution is 4.97. The minimum absolute atomic E-state index is 0.757.